The van der Waals surface area contributed by atoms with E-state index in [0.717, 1.165) is 11.1 Å². The molecule has 0 spiro atoms. The van der Waals surface area contributed by atoms with E-state index in [4.69, 9.17) is 16.0 Å². The van der Waals surface area contributed by atoms with Crippen LogP contribution in [0.1, 0.15) is 11.1 Å². The Morgan fingerprint density at radius 1 is 1.50 bits per heavy atom. The quantitative estimate of drug-likeness (QED) is 0.526. The Labute approximate surface area is 53.3 Å². The monoisotopic (exact) mass is 130 g/mol. The molecule has 0 aliphatic heterocycles. The fourth-order valence-corrected chi connectivity index (χ4v) is 0.666. The summed E-state index contributed by atoms with van der Waals surface area (Å²) in [4.78, 5) is 0. The van der Waals surface area contributed by atoms with E-state index in [-0.39, 0.29) is 0 Å². The van der Waals surface area contributed by atoms with Crippen LogP contribution in [-0.2, 0) is 0 Å². The number of halogens is 1. The van der Waals surface area contributed by atoms with Gasteiger partial charge in [-0.3, -0.25) is 0 Å². The van der Waals surface area contributed by atoms with Crippen molar-refractivity contribution in [2.75, 3.05) is 0 Å². The first-order chi connectivity index (χ1) is 3.72. The van der Waals surface area contributed by atoms with Gasteiger partial charge in [0.05, 0.1) is 6.26 Å². The minimum Gasteiger partial charge on any atom is -0.452 e. The summed E-state index contributed by atoms with van der Waals surface area (Å²) in [6, 6.07) is 0. The Hall–Kier alpha value is -0.430. The Morgan fingerprint density at radius 2 is 2.12 bits per heavy atom. The molecule has 0 fully saturated rings. The van der Waals surface area contributed by atoms with E-state index in [1.54, 1.807) is 6.26 Å². The van der Waals surface area contributed by atoms with Crippen LogP contribution in [0.4, 0.5) is 0 Å². The standard InChI is InChI=1S/C6H7ClO/c1-4-3-8-6(7)5(4)2/h3H,1-2H3. The van der Waals surface area contributed by atoms with Crippen molar-refractivity contribution >= 4 is 11.6 Å². The predicted molar refractivity (Wildman–Crippen MR) is 33.2 cm³/mol. The van der Waals surface area contributed by atoms with Crippen LogP contribution >= 0.6 is 11.6 Å². The summed E-state index contributed by atoms with van der Waals surface area (Å²) in [6.45, 7) is 3.89. The van der Waals surface area contributed by atoms with Gasteiger partial charge in [0, 0.05) is 5.56 Å². The highest BCUT2D eigenvalue weighted by Crippen LogP contribution is 2.19. The molecule has 0 saturated carbocycles. The average molecular weight is 131 g/mol. The second kappa shape index (κ2) is 1.82. The van der Waals surface area contributed by atoms with Gasteiger partial charge in [0.15, 0.2) is 5.22 Å². The molecule has 0 bridgehead atoms. The van der Waals surface area contributed by atoms with Gasteiger partial charge in [0.25, 0.3) is 0 Å². The molecule has 0 aromatic carbocycles. The topological polar surface area (TPSA) is 13.1 Å². The molecule has 0 N–H and O–H groups in total. The molecule has 0 radical (unpaired) electrons. The van der Waals surface area contributed by atoms with Crippen molar-refractivity contribution in [1.29, 1.82) is 0 Å². The number of furan rings is 1. The molecule has 0 aliphatic rings. The zero-order chi connectivity index (χ0) is 6.15. The first kappa shape index (κ1) is 5.70. The minimum absolute atomic E-state index is 0.502. The zero-order valence-corrected chi connectivity index (χ0v) is 5.62. The zero-order valence-electron chi connectivity index (χ0n) is 4.86. The van der Waals surface area contributed by atoms with Crippen LogP contribution in [0.3, 0.4) is 0 Å². The largest absolute Gasteiger partial charge is 0.452 e. The summed E-state index contributed by atoms with van der Waals surface area (Å²) in [5.41, 5.74) is 2.14. The summed E-state index contributed by atoms with van der Waals surface area (Å²) >= 11 is 5.56. The van der Waals surface area contributed by atoms with Crippen LogP contribution in [0.2, 0.25) is 5.22 Å². The highest BCUT2D eigenvalue weighted by Gasteiger charge is 1.99. The predicted octanol–water partition coefficient (Wildman–Crippen LogP) is 2.55. The van der Waals surface area contributed by atoms with Crippen LogP contribution in [0.25, 0.3) is 0 Å². The van der Waals surface area contributed by atoms with Crippen molar-refractivity contribution in [2.24, 2.45) is 0 Å². The molecule has 0 saturated heterocycles. The van der Waals surface area contributed by atoms with Gasteiger partial charge in [0.1, 0.15) is 0 Å². The van der Waals surface area contributed by atoms with Gasteiger partial charge >= 0.3 is 0 Å². The maximum atomic E-state index is 5.56. The van der Waals surface area contributed by atoms with Gasteiger partial charge in [-0.1, -0.05) is 0 Å². The summed E-state index contributed by atoms with van der Waals surface area (Å²) < 4.78 is 4.86. The normalized spacial score (nSPS) is 9.88. The summed E-state index contributed by atoms with van der Waals surface area (Å²) in [5, 5.41) is 0.502. The van der Waals surface area contributed by atoms with E-state index in [2.05, 4.69) is 0 Å². The van der Waals surface area contributed by atoms with E-state index in [9.17, 15) is 0 Å². The van der Waals surface area contributed by atoms with E-state index in [1.165, 1.54) is 0 Å². The van der Waals surface area contributed by atoms with Crippen LogP contribution in [0.5, 0.6) is 0 Å². The van der Waals surface area contributed by atoms with Crippen molar-refractivity contribution in [2.45, 2.75) is 13.8 Å². The van der Waals surface area contributed by atoms with Gasteiger partial charge < -0.3 is 4.42 Å². The van der Waals surface area contributed by atoms with Crippen LogP contribution in [0, 0.1) is 13.8 Å². The molecule has 0 amide bonds. The molecule has 1 rings (SSSR count). The molecule has 0 atom stereocenters. The Kier molecular flexibility index (Phi) is 1.30. The Balaban J connectivity index is 3.19. The maximum Gasteiger partial charge on any atom is 0.196 e. The number of hydrogen-bond acceptors (Lipinski definition) is 1. The minimum atomic E-state index is 0.502. The fourth-order valence-electron chi connectivity index (χ4n) is 0.472. The van der Waals surface area contributed by atoms with E-state index < -0.39 is 0 Å². The third-order valence-electron chi connectivity index (χ3n) is 1.23. The average Bonchev–Trinajstić information content (AvgIpc) is 1.98. The lowest BCUT2D eigenvalue weighted by molar-refractivity contribution is 0.566. The fraction of sp³-hybridized carbons (Fsp3) is 0.333. The first-order valence-electron chi connectivity index (χ1n) is 2.42. The molecule has 1 heterocycles. The Morgan fingerprint density at radius 3 is 2.25 bits per heavy atom. The first-order valence-corrected chi connectivity index (χ1v) is 2.80. The second-order valence-electron chi connectivity index (χ2n) is 1.82. The number of aryl methyl sites for hydroxylation is 1. The summed E-state index contributed by atoms with van der Waals surface area (Å²) in [7, 11) is 0. The molecule has 44 valence electrons. The van der Waals surface area contributed by atoms with Gasteiger partial charge in [0.2, 0.25) is 0 Å². The molecular formula is C6H7ClO. The van der Waals surface area contributed by atoms with Crippen molar-refractivity contribution in [3.05, 3.63) is 22.6 Å². The lowest BCUT2D eigenvalue weighted by Gasteiger charge is -1.81. The lowest BCUT2D eigenvalue weighted by Crippen LogP contribution is -1.67. The van der Waals surface area contributed by atoms with Gasteiger partial charge in [-0.2, -0.15) is 0 Å². The smallest absolute Gasteiger partial charge is 0.196 e. The van der Waals surface area contributed by atoms with E-state index in [0.29, 0.717) is 5.22 Å². The van der Waals surface area contributed by atoms with Gasteiger partial charge in [-0.15, -0.1) is 0 Å². The lowest BCUT2D eigenvalue weighted by atomic mass is 10.2. The summed E-state index contributed by atoms with van der Waals surface area (Å²) in [5.74, 6) is 0. The van der Waals surface area contributed by atoms with E-state index in [1.807, 2.05) is 13.8 Å². The van der Waals surface area contributed by atoms with Crippen LogP contribution < -0.4 is 0 Å². The molecule has 0 aliphatic carbocycles. The third-order valence-corrected chi connectivity index (χ3v) is 1.60. The molecule has 1 nitrogen and oxygen atoms in total. The molecular weight excluding hydrogens is 124 g/mol. The van der Waals surface area contributed by atoms with Crippen molar-refractivity contribution in [3.63, 3.8) is 0 Å². The second-order valence-corrected chi connectivity index (χ2v) is 2.16. The van der Waals surface area contributed by atoms with Gasteiger partial charge in [-0.05, 0) is 31.0 Å². The maximum absolute atomic E-state index is 5.56. The SMILES string of the molecule is Cc1coc(Cl)c1C. The molecule has 2 heteroatoms. The van der Waals surface area contributed by atoms with Crippen molar-refractivity contribution in [3.8, 4) is 0 Å². The third kappa shape index (κ3) is 0.736. The molecule has 0 unspecified atom stereocenters. The van der Waals surface area contributed by atoms with Crippen molar-refractivity contribution in [1.82, 2.24) is 0 Å². The van der Waals surface area contributed by atoms with Gasteiger partial charge in [-0.25, -0.2) is 0 Å². The molecule has 8 heavy (non-hydrogen) atoms. The van der Waals surface area contributed by atoms with Crippen molar-refractivity contribution < 1.29 is 4.42 Å². The summed E-state index contributed by atoms with van der Waals surface area (Å²) in [6.07, 6.45) is 1.65. The Bertz CT molecular complexity index is 171. The van der Waals surface area contributed by atoms with E-state index >= 15 is 0 Å². The highest BCUT2D eigenvalue weighted by atomic mass is 35.5. The number of hydrogen-bond donors (Lipinski definition) is 0. The van der Waals surface area contributed by atoms with Crippen LogP contribution in [-0.4, -0.2) is 0 Å². The molecule has 1 aromatic heterocycles. The molecule has 1 aromatic rings. The van der Waals surface area contributed by atoms with Crippen LogP contribution in [0.15, 0.2) is 10.7 Å². The highest BCUT2D eigenvalue weighted by molar-refractivity contribution is 6.29. The number of rotatable bonds is 0.